The van der Waals surface area contributed by atoms with Crippen molar-refractivity contribution in [1.82, 2.24) is 5.32 Å². The molecular weight excluding hydrogens is 162 g/mol. The first kappa shape index (κ1) is 12.7. The van der Waals surface area contributed by atoms with Gasteiger partial charge in [0.1, 0.15) is 0 Å². The number of methoxy groups -OCH3 is 1. The minimum Gasteiger partial charge on any atom is -0.385 e. The number of allylic oxidation sites excluding steroid dienone is 1. The summed E-state index contributed by atoms with van der Waals surface area (Å²) < 4.78 is 5.02. The predicted molar refractivity (Wildman–Crippen MR) is 58.0 cm³/mol. The van der Waals surface area contributed by atoms with Crippen LogP contribution in [0.2, 0.25) is 0 Å². The van der Waals surface area contributed by atoms with E-state index in [2.05, 4.69) is 11.9 Å². The monoisotopic (exact) mass is 185 g/mol. The summed E-state index contributed by atoms with van der Waals surface area (Å²) in [4.78, 5) is 0. The van der Waals surface area contributed by atoms with E-state index >= 15 is 0 Å². The third-order valence-electron chi connectivity index (χ3n) is 2.27. The Balaban J connectivity index is 3.33. The van der Waals surface area contributed by atoms with Crippen molar-refractivity contribution in [3.63, 3.8) is 0 Å². The highest BCUT2D eigenvalue weighted by atomic mass is 16.5. The molecule has 0 amide bonds. The van der Waals surface area contributed by atoms with Crippen LogP contribution in [-0.2, 0) is 4.74 Å². The first-order chi connectivity index (χ1) is 6.35. The van der Waals surface area contributed by atoms with Crippen molar-refractivity contribution in [2.24, 2.45) is 0 Å². The molecule has 2 heteroatoms. The first-order valence-corrected chi connectivity index (χ1v) is 5.12. The fraction of sp³-hybridized carbons (Fsp3) is 0.818. The Morgan fingerprint density at radius 2 is 2.08 bits per heavy atom. The van der Waals surface area contributed by atoms with Crippen molar-refractivity contribution in [3.05, 3.63) is 12.7 Å². The van der Waals surface area contributed by atoms with Gasteiger partial charge in [-0.15, -0.1) is 6.58 Å². The SMILES string of the molecule is C=CCCCC(CCCOC)NC. The number of rotatable bonds is 9. The maximum absolute atomic E-state index is 5.02. The Bertz CT molecular complexity index is 115. The summed E-state index contributed by atoms with van der Waals surface area (Å²) >= 11 is 0. The number of unbranched alkanes of at least 4 members (excludes halogenated alkanes) is 1. The van der Waals surface area contributed by atoms with Crippen molar-refractivity contribution < 1.29 is 4.74 Å². The molecule has 0 rings (SSSR count). The van der Waals surface area contributed by atoms with Crippen molar-refractivity contribution in [2.45, 2.75) is 38.1 Å². The van der Waals surface area contributed by atoms with Crippen molar-refractivity contribution in [1.29, 1.82) is 0 Å². The molecule has 1 N–H and O–H groups in total. The lowest BCUT2D eigenvalue weighted by Gasteiger charge is -2.14. The highest BCUT2D eigenvalue weighted by molar-refractivity contribution is 4.70. The molecule has 0 aromatic carbocycles. The van der Waals surface area contributed by atoms with Gasteiger partial charge in [-0.05, 0) is 39.2 Å². The molecule has 0 aromatic heterocycles. The van der Waals surface area contributed by atoms with Crippen molar-refractivity contribution in [2.75, 3.05) is 20.8 Å². The van der Waals surface area contributed by atoms with E-state index in [-0.39, 0.29) is 0 Å². The van der Waals surface area contributed by atoms with Gasteiger partial charge < -0.3 is 10.1 Å². The Hall–Kier alpha value is -0.340. The summed E-state index contributed by atoms with van der Waals surface area (Å²) in [5, 5.41) is 3.33. The van der Waals surface area contributed by atoms with Crippen LogP contribution in [0.5, 0.6) is 0 Å². The molecule has 0 bridgehead atoms. The minimum absolute atomic E-state index is 0.648. The third kappa shape index (κ3) is 8.00. The lowest BCUT2D eigenvalue weighted by molar-refractivity contribution is 0.188. The number of ether oxygens (including phenoxy) is 1. The third-order valence-corrected chi connectivity index (χ3v) is 2.27. The van der Waals surface area contributed by atoms with Crippen LogP contribution in [0.15, 0.2) is 12.7 Å². The van der Waals surface area contributed by atoms with Gasteiger partial charge in [-0.1, -0.05) is 6.08 Å². The van der Waals surface area contributed by atoms with Crippen LogP contribution in [0, 0.1) is 0 Å². The van der Waals surface area contributed by atoms with Crippen LogP contribution in [0.3, 0.4) is 0 Å². The standard InChI is InChI=1S/C11H23NO/c1-4-5-6-8-11(12-2)9-7-10-13-3/h4,11-12H,1,5-10H2,2-3H3. The molecule has 0 heterocycles. The Morgan fingerprint density at radius 1 is 1.38 bits per heavy atom. The summed E-state index contributed by atoms with van der Waals surface area (Å²) in [6, 6.07) is 0.648. The van der Waals surface area contributed by atoms with E-state index in [0.717, 1.165) is 19.4 Å². The second-order valence-corrected chi connectivity index (χ2v) is 3.34. The number of hydrogen-bond acceptors (Lipinski definition) is 2. The van der Waals surface area contributed by atoms with Gasteiger partial charge in [0, 0.05) is 19.8 Å². The molecule has 13 heavy (non-hydrogen) atoms. The Labute approximate surface area is 82.4 Å². The minimum atomic E-state index is 0.648. The molecule has 0 saturated carbocycles. The van der Waals surface area contributed by atoms with Crippen LogP contribution in [0.25, 0.3) is 0 Å². The molecule has 0 aliphatic heterocycles. The molecule has 1 atom stereocenters. The van der Waals surface area contributed by atoms with Gasteiger partial charge in [-0.25, -0.2) is 0 Å². The Kier molecular flexibility index (Phi) is 9.49. The highest BCUT2D eigenvalue weighted by Gasteiger charge is 2.03. The molecular formula is C11H23NO. The topological polar surface area (TPSA) is 21.3 Å². The zero-order chi connectivity index (χ0) is 9.94. The van der Waals surface area contributed by atoms with E-state index in [1.807, 2.05) is 13.1 Å². The summed E-state index contributed by atoms with van der Waals surface area (Å²) in [5.74, 6) is 0. The number of hydrogen-bond donors (Lipinski definition) is 1. The molecule has 0 aromatic rings. The molecule has 0 spiro atoms. The van der Waals surface area contributed by atoms with E-state index in [1.54, 1.807) is 7.11 Å². The normalized spacial score (nSPS) is 12.8. The Morgan fingerprint density at radius 3 is 2.62 bits per heavy atom. The van der Waals surface area contributed by atoms with E-state index in [4.69, 9.17) is 4.74 Å². The smallest absolute Gasteiger partial charge is 0.0462 e. The van der Waals surface area contributed by atoms with E-state index < -0.39 is 0 Å². The second kappa shape index (κ2) is 9.75. The molecule has 0 aliphatic carbocycles. The highest BCUT2D eigenvalue weighted by Crippen LogP contribution is 2.06. The summed E-state index contributed by atoms with van der Waals surface area (Å²) in [6.45, 7) is 4.59. The first-order valence-electron chi connectivity index (χ1n) is 5.12. The lowest BCUT2D eigenvalue weighted by atomic mass is 10.1. The largest absolute Gasteiger partial charge is 0.385 e. The summed E-state index contributed by atoms with van der Waals surface area (Å²) in [7, 11) is 3.79. The molecule has 0 fully saturated rings. The van der Waals surface area contributed by atoms with Crippen molar-refractivity contribution in [3.8, 4) is 0 Å². The predicted octanol–water partition coefficient (Wildman–Crippen LogP) is 2.36. The molecule has 78 valence electrons. The summed E-state index contributed by atoms with van der Waals surface area (Å²) in [6.07, 6.45) is 7.95. The fourth-order valence-corrected chi connectivity index (χ4v) is 1.42. The van der Waals surface area contributed by atoms with Crippen LogP contribution in [-0.4, -0.2) is 26.8 Å². The van der Waals surface area contributed by atoms with Gasteiger partial charge in [-0.2, -0.15) is 0 Å². The van der Waals surface area contributed by atoms with Gasteiger partial charge in [0.25, 0.3) is 0 Å². The summed E-state index contributed by atoms with van der Waals surface area (Å²) in [5.41, 5.74) is 0. The van der Waals surface area contributed by atoms with Gasteiger partial charge in [-0.3, -0.25) is 0 Å². The zero-order valence-corrected chi connectivity index (χ0v) is 9.01. The van der Waals surface area contributed by atoms with E-state index in [9.17, 15) is 0 Å². The van der Waals surface area contributed by atoms with Gasteiger partial charge >= 0.3 is 0 Å². The van der Waals surface area contributed by atoms with Gasteiger partial charge in [0.05, 0.1) is 0 Å². The van der Waals surface area contributed by atoms with Crippen LogP contribution in [0.1, 0.15) is 32.1 Å². The molecule has 0 radical (unpaired) electrons. The molecule has 0 saturated heterocycles. The molecule has 0 aliphatic rings. The van der Waals surface area contributed by atoms with Crippen LogP contribution in [0.4, 0.5) is 0 Å². The molecule has 2 nitrogen and oxygen atoms in total. The van der Waals surface area contributed by atoms with Crippen LogP contribution >= 0.6 is 0 Å². The van der Waals surface area contributed by atoms with Crippen molar-refractivity contribution >= 4 is 0 Å². The maximum Gasteiger partial charge on any atom is 0.0462 e. The number of nitrogens with one attached hydrogen (secondary N) is 1. The fourth-order valence-electron chi connectivity index (χ4n) is 1.42. The van der Waals surface area contributed by atoms with Crippen LogP contribution < -0.4 is 5.32 Å². The lowest BCUT2D eigenvalue weighted by Crippen LogP contribution is -2.25. The molecule has 1 unspecified atom stereocenters. The van der Waals surface area contributed by atoms with Gasteiger partial charge in [0.15, 0.2) is 0 Å². The quantitative estimate of drug-likeness (QED) is 0.440. The van der Waals surface area contributed by atoms with Gasteiger partial charge in [0.2, 0.25) is 0 Å². The zero-order valence-electron chi connectivity index (χ0n) is 9.01. The average Bonchev–Trinajstić information content (AvgIpc) is 2.16. The second-order valence-electron chi connectivity index (χ2n) is 3.34. The maximum atomic E-state index is 5.02. The van der Waals surface area contributed by atoms with E-state index in [1.165, 1.54) is 19.3 Å². The van der Waals surface area contributed by atoms with E-state index in [0.29, 0.717) is 6.04 Å². The average molecular weight is 185 g/mol.